The molecule has 0 saturated carbocycles. The molecule has 184 valence electrons. The molecule has 13 heteroatoms. The lowest BCUT2D eigenvalue weighted by Gasteiger charge is -2.32. The van der Waals surface area contributed by atoms with Crippen molar-refractivity contribution in [3.05, 3.63) is 67.7 Å². The Morgan fingerprint density at radius 3 is 2.26 bits per heavy atom. The number of benzene rings is 2. The molecule has 0 aromatic heterocycles. The molecule has 0 aliphatic rings. The van der Waals surface area contributed by atoms with Gasteiger partial charge in [0, 0.05) is 41.3 Å². The van der Waals surface area contributed by atoms with E-state index < -0.39 is 39.3 Å². The van der Waals surface area contributed by atoms with Crippen LogP contribution in [0, 0.1) is 17.0 Å². The molecule has 0 unspecified atom stereocenters. The smallest absolute Gasteiger partial charge is 0.271 e. The van der Waals surface area contributed by atoms with Gasteiger partial charge in [-0.05, 0) is 31.5 Å². The largest absolute Gasteiger partial charge is 0.357 e. The van der Waals surface area contributed by atoms with Gasteiger partial charge in [0.1, 0.15) is 12.6 Å². The summed E-state index contributed by atoms with van der Waals surface area (Å²) < 4.78 is 26.0. The Kier molecular flexibility index (Phi) is 8.87. The van der Waals surface area contributed by atoms with Gasteiger partial charge in [-0.15, -0.1) is 0 Å². The van der Waals surface area contributed by atoms with Crippen molar-refractivity contribution < 1.29 is 22.9 Å². The second-order valence-electron chi connectivity index (χ2n) is 7.51. The highest BCUT2D eigenvalue weighted by Gasteiger charge is 2.31. The first-order valence-electron chi connectivity index (χ1n) is 9.94. The first kappa shape index (κ1) is 27.4. The molecule has 1 atom stereocenters. The van der Waals surface area contributed by atoms with Gasteiger partial charge in [-0.2, -0.15) is 0 Å². The summed E-state index contributed by atoms with van der Waals surface area (Å²) in [4.78, 5) is 37.5. The molecule has 0 bridgehead atoms. The number of likely N-dealkylation sites (N-methyl/N-ethyl adjacent to an activating group) is 1. The van der Waals surface area contributed by atoms with Gasteiger partial charge >= 0.3 is 0 Å². The van der Waals surface area contributed by atoms with Crippen molar-refractivity contribution in [2.24, 2.45) is 0 Å². The Labute approximate surface area is 207 Å². The highest BCUT2D eigenvalue weighted by Crippen LogP contribution is 2.29. The number of anilines is 1. The fourth-order valence-electron chi connectivity index (χ4n) is 3.22. The summed E-state index contributed by atoms with van der Waals surface area (Å²) >= 11 is 12.5. The number of sulfonamides is 1. The van der Waals surface area contributed by atoms with E-state index in [1.54, 1.807) is 25.1 Å². The van der Waals surface area contributed by atoms with Crippen molar-refractivity contribution in [3.63, 3.8) is 0 Å². The number of nitro groups is 1. The van der Waals surface area contributed by atoms with E-state index in [0.717, 1.165) is 21.5 Å². The molecular formula is C21H24Cl2N4O6S. The van der Waals surface area contributed by atoms with Crippen LogP contribution in [0.2, 0.25) is 10.0 Å². The third kappa shape index (κ3) is 6.37. The number of nitrogens with one attached hydrogen (secondary N) is 1. The number of carbonyl (C=O) groups excluding carboxylic acids is 2. The second-order valence-corrected chi connectivity index (χ2v) is 10.2. The predicted octanol–water partition coefficient (Wildman–Crippen LogP) is 3.14. The number of halogens is 2. The zero-order chi connectivity index (χ0) is 25.8. The molecule has 0 heterocycles. The Hall–Kier alpha value is -2.89. The van der Waals surface area contributed by atoms with Gasteiger partial charge in [0.2, 0.25) is 21.8 Å². The van der Waals surface area contributed by atoms with E-state index in [9.17, 15) is 28.1 Å². The monoisotopic (exact) mass is 530 g/mol. The van der Waals surface area contributed by atoms with Gasteiger partial charge < -0.3 is 10.2 Å². The minimum absolute atomic E-state index is 0.0200. The van der Waals surface area contributed by atoms with Gasteiger partial charge in [-0.1, -0.05) is 35.3 Å². The summed E-state index contributed by atoms with van der Waals surface area (Å²) in [5.41, 5.74) is 0.435. The third-order valence-corrected chi connectivity index (χ3v) is 6.99. The maximum absolute atomic E-state index is 13.4. The number of nitro benzene ring substituents is 1. The maximum atomic E-state index is 13.4. The van der Waals surface area contributed by atoms with Crippen molar-refractivity contribution in [2.75, 3.05) is 24.2 Å². The van der Waals surface area contributed by atoms with Crippen molar-refractivity contribution in [1.29, 1.82) is 0 Å². The van der Waals surface area contributed by atoms with E-state index in [-0.39, 0.29) is 28.0 Å². The molecular weight excluding hydrogens is 507 g/mol. The normalized spacial score (nSPS) is 12.1. The molecule has 0 fully saturated rings. The van der Waals surface area contributed by atoms with E-state index in [2.05, 4.69) is 5.32 Å². The minimum atomic E-state index is -4.04. The summed E-state index contributed by atoms with van der Waals surface area (Å²) in [5.74, 6) is -1.22. The fourth-order valence-corrected chi connectivity index (χ4v) is 4.64. The summed E-state index contributed by atoms with van der Waals surface area (Å²) in [5, 5.41) is 14.2. The quantitative estimate of drug-likeness (QED) is 0.391. The topological polar surface area (TPSA) is 130 Å². The van der Waals surface area contributed by atoms with Crippen LogP contribution in [-0.2, 0) is 26.2 Å². The molecule has 0 radical (unpaired) electrons. The molecule has 34 heavy (non-hydrogen) atoms. The van der Waals surface area contributed by atoms with Crippen LogP contribution in [0.3, 0.4) is 0 Å². The first-order valence-corrected chi connectivity index (χ1v) is 12.5. The average molecular weight is 531 g/mol. The molecule has 2 aromatic rings. The lowest BCUT2D eigenvalue weighted by atomic mass is 10.1. The number of non-ortho nitro benzene ring substituents is 1. The van der Waals surface area contributed by atoms with Gasteiger partial charge in [-0.3, -0.25) is 24.0 Å². The van der Waals surface area contributed by atoms with E-state index >= 15 is 0 Å². The van der Waals surface area contributed by atoms with Crippen molar-refractivity contribution in [1.82, 2.24) is 10.2 Å². The number of rotatable bonds is 9. The molecule has 0 saturated heterocycles. The highest BCUT2D eigenvalue weighted by molar-refractivity contribution is 7.92. The molecule has 2 rings (SSSR count). The van der Waals surface area contributed by atoms with Crippen LogP contribution in [-0.4, -0.2) is 55.9 Å². The van der Waals surface area contributed by atoms with Gasteiger partial charge in [0.25, 0.3) is 5.69 Å². The van der Waals surface area contributed by atoms with E-state index in [0.29, 0.717) is 11.1 Å². The maximum Gasteiger partial charge on any atom is 0.271 e. The number of nitrogens with zero attached hydrogens (tertiary/aromatic N) is 3. The summed E-state index contributed by atoms with van der Waals surface area (Å²) in [6.07, 6.45) is 0.885. The fraction of sp³-hybridized carbons (Fsp3) is 0.333. The zero-order valence-electron chi connectivity index (χ0n) is 18.9. The van der Waals surface area contributed by atoms with Gasteiger partial charge in [-0.25, -0.2) is 8.42 Å². The van der Waals surface area contributed by atoms with Gasteiger partial charge in [0.15, 0.2) is 0 Å². The van der Waals surface area contributed by atoms with Crippen LogP contribution in [0.1, 0.15) is 18.1 Å². The molecule has 0 spiro atoms. The predicted molar refractivity (Wildman–Crippen MR) is 131 cm³/mol. The van der Waals surface area contributed by atoms with Crippen LogP contribution < -0.4 is 9.62 Å². The van der Waals surface area contributed by atoms with Crippen LogP contribution in [0.25, 0.3) is 0 Å². The number of amides is 2. The average Bonchev–Trinajstić information content (AvgIpc) is 2.75. The van der Waals surface area contributed by atoms with Crippen LogP contribution in [0.4, 0.5) is 11.4 Å². The number of aryl methyl sites for hydroxylation is 1. The minimum Gasteiger partial charge on any atom is -0.357 e. The Balaban J connectivity index is 2.53. The molecule has 0 aliphatic carbocycles. The van der Waals surface area contributed by atoms with Crippen molar-refractivity contribution in [2.45, 2.75) is 26.4 Å². The lowest BCUT2D eigenvalue weighted by molar-refractivity contribution is -0.384. The summed E-state index contributed by atoms with van der Waals surface area (Å²) in [6.45, 7) is 2.17. The van der Waals surface area contributed by atoms with Crippen molar-refractivity contribution >= 4 is 56.4 Å². The summed E-state index contributed by atoms with van der Waals surface area (Å²) in [6, 6.07) is 7.49. The first-order chi connectivity index (χ1) is 15.8. The lowest BCUT2D eigenvalue weighted by Crippen LogP contribution is -2.50. The Bertz CT molecular complexity index is 1200. The molecule has 2 aromatic carbocycles. The molecule has 2 amide bonds. The SMILES string of the molecule is CNC(=O)[C@H](C)N(Cc1c(Cl)cccc1Cl)C(=O)CN(c1cc([N+](=O)[O-])ccc1C)S(C)(=O)=O. The highest BCUT2D eigenvalue weighted by atomic mass is 35.5. The third-order valence-electron chi connectivity index (χ3n) is 5.16. The van der Waals surface area contributed by atoms with Crippen LogP contribution in [0.5, 0.6) is 0 Å². The van der Waals surface area contributed by atoms with E-state index in [4.69, 9.17) is 23.2 Å². The van der Waals surface area contributed by atoms with Gasteiger partial charge in [0.05, 0.1) is 16.9 Å². The standard InChI is InChI=1S/C21H24Cl2N4O6S/c1-13-8-9-15(27(30)31)10-19(13)26(34(4,32)33)12-20(28)25(14(2)21(29)24-3)11-16-17(22)6-5-7-18(16)23/h5-10,14H,11-12H2,1-4H3,(H,24,29)/t14-/m0/s1. The molecule has 10 nitrogen and oxygen atoms in total. The van der Waals surface area contributed by atoms with E-state index in [1.807, 2.05) is 0 Å². The number of hydrogen-bond acceptors (Lipinski definition) is 6. The molecule has 1 N–H and O–H groups in total. The zero-order valence-corrected chi connectivity index (χ0v) is 21.2. The summed E-state index contributed by atoms with van der Waals surface area (Å²) in [7, 11) is -2.64. The van der Waals surface area contributed by atoms with Crippen molar-refractivity contribution in [3.8, 4) is 0 Å². The number of carbonyl (C=O) groups is 2. The van der Waals surface area contributed by atoms with E-state index in [1.165, 1.54) is 26.1 Å². The number of hydrogen-bond donors (Lipinski definition) is 1. The second kappa shape index (κ2) is 11.0. The molecule has 0 aliphatic heterocycles. The van der Waals surface area contributed by atoms with Crippen LogP contribution in [0.15, 0.2) is 36.4 Å². The van der Waals surface area contributed by atoms with Crippen LogP contribution >= 0.6 is 23.2 Å². The Morgan fingerprint density at radius 2 is 1.76 bits per heavy atom. The Morgan fingerprint density at radius 1 is 1.18 bits per heavy atom.